The summed E-state index contributed by atoms with van der Waals surface area (Å²) in [6.45, 7) is 0. The SMILES string of the molecule is N#Cc1cccc(C(=O)Nc2ccccc2S(N)(=O)=O)c1. The number of nitrogens with zero attached hydrogens (tertiary/aromatic N) is 1. The molecular weight excluding hydrogens is 290 g/mol. The molecule has 0 heterocycles. The van der Waals surface area contributed by atoms with Crippen LogP contribution in [0.2, 0.25) is 0 Å². The molecule has 3 N–H and O–H groups in total. The van der Waals surface area contributed by atoms with Crippen LogP contribution in [0.5, 0.6) is 0 Å². The van der Waals surface area contributed by atoms with Gasteiger partial charge in [0.1, 0.15) is 4.90 Å². The van der Waals surface area contributed by atoms with Crippen molar-refractivity contribution in [3.63, 3.8) is 0 Å². The molecule has 0 radical (unpaired) electrons. The summed E-state index contributed by atoms with van der Waals surface area (Å²) in [6.07, 6.45) is 0. The fraction of sp³-hybridized carbons (Fsp3) is 0. The molecule has 0 aliphatic carbocycles. The summed E-state index contributed by atoms with van der Waals surface area (Å²) in [5.41, 5.74) is 0.674. The number of carbonyl (C=O) groups excluding carboxylic acids is 1. The zero-order valence-corrected chi connectivity index (χ0v) is 11.6. The zero-order valence-electron chi connectivity index (χ0n) is 10.8. The van der Waals surface area contributed by atoms with Crippen molar-refractivity contribution in [3.05, 3.63) is 59.7 Å². The van der Waals surface area contributed by atoms with Crippen LogP contribution in [0.4, 0.5) is 5.69 Å². The molecule has 2 aromatic carbocycles. The van der Waals surface area contributed by atoms with Gasteiger partial charge in [-0.2, -0.15) is 5.26 Å². The highest BCUT2D eigenvalue weighted by Gasteiger charge is 2.15. The number of primary sulfonamides is 1. The molecule has 0 unspecified atom stereocenters. The molecule has 0 aliphatic heterocycles. The number of para-hydroxylation sites is 1. The third kappa shape index (κ3) is 3.45. The van der Waals surface area contributed by atoms with Gasteiger partial charge in [0.25, 0.3) is 5.91 Å². The second-order valence-corrected chi connectivity index (χ2v) is 5.72. The third-order valence-corrected chi connectivity index (χ3v) is 3.66. The lowest BCUT2D eigenvalue weighted by atomic mass is 10.1. The Hall–Kier alpha value is -2.69. The second-order valence-electron chi connectivity index (χ2n) is 4.19. The Morgan fingerprint density at radius 2 is 1.86 bits per heavy atom. The lowest BCUT2D eigenvalue weighted by molar-refractivity contribution is 0.102. The topological polar surface area (TPSA) is 113 Å². The normalized spacial score (nSPS) is 10.7. The number of amides is 1. The minimum atomic E-state index is -3.94. The zero-order chi connectivity index (χ0) is 15.5. The number of sulfonamides is 1. The summed E-state index contributed by atoms with van der Waals surface area (Å²) in [5, 5.41) is 16.4. The molecule has 0 bridgehead atoms. The van der Waals surface area contributed by atoms with Crippen molar-refractivity contribution in [2.45, 2.75) is 4.90 Å². The highest BCUT2D eigenvalue weighted by atomic mass is 32.2. The van der Waals surface area contributed by atoms with Gasteiger partial charge in [-0.05, 0) is 30.3 Å². The van der Waals surface area contributed by atoms with E-state index in [1.165, 1.54) is 30.3 Å². The summed E-state index contributed by atoms with van der Waals surface area (Å²) in [5.74, 6) is -0.525. The average molecular weight is 301 g/mol. The van der Waals surface area contributed by atoms with Crippen LogP contribution in [0, 0.1) is 11.3 Å². The number of carbonyl (C=O) groups is 1. The third-order valence-electron chi connectivity index (χ3n) is 2.70. The number of hydrogen-bond acceptors (Lipinski definition) is 4. The van der Waals surface area contributed by atoms with Gasteiger partial charge in [0.2, 0.25) is 10.0 Å². The van der Waals surface area contributed by atoms with Crippen molar-refractivity contribution >= 4 is 21.6 Å². The number of benzene rings is 2. The first-order chi connectivity index (χ1) is 9.91. The molecule has 2 aromatic rings. The van der Waals surface area contributed by atoms with E-state index in [1.807, 2.05) is 6.07 Å². The average Bonchev–Trinajstić information content (AvgIpc) is 2.46. The van der Waals surface area contributed by atoms with Gasteiger partial charge in [0.15, 0.2) is 0 Å². The van der Waals surface area contributed by atoms with Crippen molar-refractivity contribution < 1.29 is 13.2 Å². The number of anilines is 1. The number of nitriles is 1. The van der Waals surface area contributed by atoms with Gasteiger partial charge in [-0.25, -0.2) is 13.6 Å². The standard InChI is InChI=1S/C14H11N3O3S/c15-9-10-4-3-5-11(8-10)14(18)17-12-6-1-2-7-13(12)21(16,19)20/h1-8H,(H,17,18)(H2,16,19,20). The van der Waals surface area contributed by atoms with Gasteiger partial charge in [0.05, 0.1) is 17.3 Å². The van der Waals surface area contributed by atoms with Gasteiger partial charge >= 0.3 is 0 Å². The van der Waals surface area contributed by atoms with Crippen LogP contribution in [0.3, 0.4) is 0 Å². The summed E-state index contributed by atoms with van der Waals surface area (Å²) in [4.78, 5) is 11.9. The molecule has 0 saturated heterocycles. The Kier molecular flexibility index (Phi) is 4.03. The minimum absolute atomic E-state index is 0.0901. The van der Waals surface area contributed by atoms with Gasteiger partial charge in [-0.1, -0.05) is 18.2 Å². The van der Waals surface area contributed by atoms with Crippen LogP contribution in [0.15, 0.2) is 53.4 Å². The van der Waals surface area contributed by atoms with E-state index >= 15 is 0 Å². The van der Waals surface area contributed by atoms with Crippen LogP contribution >= 0.6 is 0 Å². The molecule has 6 nitrogen and oxygen atoms in total. The summed E-state index contributed by atoms with van der Waals surface area (Å²) >= 11 is 0. The molecular formula is C14H11N3O3S. The first-order valence-corrected chi connectivity index (χ1v) is 7.40. The van der Waals surface area contributed by atoms with Crippen molar-refractivity contribution in [3.8, 4) is 6.07 Å². The van der Waals surface area contributed by atoms with Crippen molar-refractivity contribution in [1.29, 1.82) is 5.26 Å². The van der Waals surface area contributed by atoms with E-state index in [0.29, 0.717) is 5.56 Å². The summed E-state index contributed by atoms with van der Waals surface area (Å²) in [7, 11) is -3.94. The van der Waals surface area contributed by atoms with E-state index in [2.05, 4.69) is 5.32 Å². The lowest BCUT2D eigenvalue weighted by Gasteiger charge is -2.09. The molecule has 0 aromatic heterocycles. The van der Waals surface area contributed by atoms with E-state index in [0.717, 1.165) is 0 Å². The van der Waals surface area contributed by atoms with Crippen LogP contribution in [0.25, 0.3) is 0 Å². The van der Waals surface area contributed by atoms with E-state index in [-0.39, 0.29) is 16.1 Å². The summed E-state index contributed by atoms with van der Waals surface area (Å²) in [6, 6.07) is 13.8. The number of hydrogen-bond donors (Lipinski definition) is 2. The molecule has 0 spiro atoms. The molecule has 0 saturated carbocycles. The Labute approximate surface area is 121 Å². The fourth-order valence-electron chi connectivity index (χ4n) is 1.74. The van der Waals surface area contributed by atoms with E-state index in [9.17, 15) is 13.2 Å². The monoisotopic (exact) mass is 301 g/mol. The van der Waals surface area contributed by atoms with Gasteiger partial charge in [-0.15, -0.1) is 0 Å². The quantitative estimate of drug-likeness (QED) is 0.893. The predicted octanol–water partition coefficient (Wildman–Crippen LogP) is 1.46. The largest absolute Gasteiger partial charge is 0.321 e. The first-order valence-electron chi connectivity index (χ1n) is 5.85. The number of nitrogens with two attached hydrogens (primary N) is 1. The molecule has 2 rings (SSSR count). The maximum Gasteiger partial charge on any atom is 0.255 e. The first kappa shape index (κ1) is 14.7. The van der Waals surface area contributed by atoms with Crippen LogP contribution in [0.1, 0.15) is 15.9 Å². The van der Waals surface area contributed by atoms with E-state index < -0.39 is 15.9 Å². The van der Waals surface area contributed by atoms with Crippen molar-refractivity contribution in [2.24, 2.45) is 5.14 Å². The molecule has 1 amide bonds. The number of rotatable bonds is 3. The molecule has 0 atom stereocenters. The van der Waals surface area contributed by atoms with Gasteiger partial charge < -0.3 is 5.32 Å². The highest BCUT2D eigenvalue weighted by Crippen LogP contribution is 2.20. The predicted molar refractivity (Wildman–Crippen MR) is 76.9 cm³/mol. The van der Waals surface area contributed by atoms with E-state index in [4.69, 9.17) is 10.4 Å². The molecule has 21 heavy (non-hydrogen) atoms. The summed E-state index contributed by atoms with van der Waals surface area (Å²) < 4.78 is 22.9. The number of nitrogens with one attached hydrogen (secondary N) is 1. The highest BCUT2D eigenvalue weighted by molar-refractivity contribution is 7.89. The van der Waals surface area contributed by atoms with Crippen molar-refractivity contribution in [2.75, 3.05) is 5.32 Å². The molecule has 0 aliphatic rings. The van der Waals surface area contributed by atoms with E-state index in [1.54, 1.807) is 18.2 Å². The van der Waals surface area contributed by atoms with Crippen molar-refractivity contribution in [1.82, 2.24) is 0 Å². The smallest absolute Gasteiger partial charge is 0.255 e. The maximum atomic E-state index is 12.1. The Bertz CT molecular complexity index is 839. The Morgan fingerprint density at radius 3 is 2.52 bits per heavy atom. The van der Waals surface area contributed by atoms with Gasteiger partial charge in [-0.3, -0.25) is 4.79 Å². The van der Waals surface area contributed by atoms with Gasteiger partial charge in [0, 0.05) is 5.56 Å². The Morgan fingerprint density at radius 1 is 1.14 bits per heavy atom. The fourth-order valence-corrected chi connectivity index (χ4v) is 2.44. The minimum Gasteiger partial charge on any atom is -0.321 e. The van der Waals surface area contributed by atoms with Crippen LogP contribution in [-0.2, 0) is 10.0 Å². The van der Waals surface area contributed by atoms with Crippen LogP contribution < -0.4 is 10.5 Å². The maximum absolute atomic E-state index is 12.1. The molecule has 7 heteroatoms. The molecule has 0 fully saturated rings. The van der Waals surface area contributed by atoms with Crippen LogP contribution in [-0.4, -0.2) is 14.3 Å². The molecule has 106 valence electrons. The second kappa shape index (κ2) is 5.75. The Balaban J connectivity index is 2.35. The lowest BCUT2D eigenvalue weighted by Crippen LogP contribution is -2.18.